The third-order valence-electron chi connectivity index (χ3n) is 4.39. The van der Waals surface area contributed by atoms with Crippen LogP contribution in [0.4, 0.5) is 17.3 Å². The van der Waals surface area contributed by atoms with Crippen LogP contribution in [0.2, 0.25) is 0 Å². The van der Waals surface area contributed by atoms with E-state index < -0.39 is 0 Å². The maximum atomic E-state index is 6.00. The van der Waals surface area contributed by atoms with Gasteiger partial charge in [-0.05, 0) is 40.2 Å². The number of hydrogen-bond acceptors (Lipinski definition) is 5. The van der Waals surface area contributed by atoms with Gasteiger partial charge < -0.3 is 20.4 Å². The summed E-state index contributed by atoms with van der Waals surface area (Å²) in [6, 6.07) is 13.8. The number of anilines is 3. The number of methoxy groups -OCH3 is 1. The Kier molecular flexibility index (Phi) is 4.45. The van der Waals surface area contributed by atoms with Crippen LogP contribution in [-0.4, -0.2) is 21.6 Å². The van der Waals surface area contributed by atoms with Gasteiger partial charge in [0.15, 0.2) is 0 Å². The molecular weight excluding hydrogens is 406 g/mol. The molecule has 0 fully saturated rings. The number of rotatable bonds is 4. The Labute approximate surface area is 165 Å². The van der Waals surface area contributed by atoms with E-state index in [1.807, 2.05) is 31.3 Å². The highest BCUT2D eigenvalue weighted by Crippen LogP contribution is 2.35. The predicted octanol–water partition coefficient (Wildman–Crippen LogP) is 4.73. The van der Waals surface area contributed by atoms with Crippen LogP contribution >= 0.6 is 15.9 Å². The molecule has 0 amide bonds. The highest BCUT2D eigenvalue weighted by atomic mass is 79.9. The van der Waals surface area contributed by atoms with Crippen molar-refractivity contribution in [3.63, 3.8) is 0 Å². The first-order valence-corrected chi connectivity index (χ1v) is 9.13. The summed E-state index contributed by atoms with van der Waals surface area (Å²) in [4.78, 5) is 9.02. The Morgan fingerprint density at radius 2 is 2.00 bits per heavy atom. The lowest BCUT2D eigenvalue weighted by Gasteiger charge is -2.12. The van der Waals surface area contributed by atoms with Crippen LogP contribution in [0, 0.1) is 0 Å². The molecule has 2 heterocycles. The molecule has 0 aliphatic heterocycles. The number of halogens is 1. The summed E-state index contributed by atoms with van der Waals surface area (Å²) < 4.78 is 8.29. The molecule has 4 rings (SSSR count). The monoisotopic (exact) mass is 423 g/mol. The number of nitrogens with zero attached hydrogens (tertiary/aromatic N) is 3. The molecule has 27 heavy (non-hydrogen) atoms. The molecule has 0 aliphatic rings. The molecule has 2 aromatic carbocycles. The Morgan fingerprint density at radius 3 is 2.81 bits per heavy atom. The van der Waals surface area contributed by atoms with Crippen molar-refractivity contribution in [2.45, 2.75) is 0 Å². The second kappa shape index (κ2) is 6.92. The van der Waals surface area contributed by atoms with Crippen molar-refractivity contribution in [3.05, 3.63) is 59.3 Å². The van der Waals surface area contributed by atoms with Gasteiger partial charge in [0.1, 0.15) is 5.75 Å². The van der Waals surface area contributed by atoms with E-state index >= 15 is 0 Å². The van der Waals surface area contributed by atoms with Crippen LogP contribution in [0.15, 0.2) is 59.3 Å². The molecule has 2 aromatic heterocycles. The maximum Gasteiger partial charge on any atom is 0.227 e. The van der Waals surface area contributed by atoms with Gasteiger partial charge in [-0.2, -0.15) is 0 Å². The smallest absolute Gasteiger partial charge is 0.227 e. The normalized spacial score (nSPS) is 10.9. The van der Waals surface area contributed by atoms with Crippen molar-refractivity contribution in [2.24, 2.45) is 7.05 Å². The molecule has 136 valence electrons. The molecule has 0 aliphatic carbocycles. The lowest BCUT2D eigenvalue weighted by atomic mass is 10.1. The summed E-state index contributed by atoms with van der Waals surface area (Å²) in [6.45, 7) is 0. The number of aryl methyl sites for hydroxylation is 1. The number of fused-ring (bicyclic) bond motifs is 1. The van der Waals surface area contributed by atoms with E-state index in [-0.39, 0.29) is 0 Å². The average molecular weight is 424 g/mol. The summed E-state index contributed by atoms with van der Waals surface area (Å²) >= 11 is 3.41. The second-order valence-corrected chi connectivity index (χ2v) is 6.99. The van der Waals surface area contributed by atoms with Crippen molar-refractivity contribution in [3.8, 4) is 17.0 Å². The minimum absolute atomic E-state index is 0.473. The summed E-state index contributed by atoms with van der Waals surface area (Å²) in [5.74, 6) is 1.12. The van der Waals surface area contributed by atoms with Gasteiger partial charge in [-0.15, -0.1) is 0 Å². The first kappa shape index (κ1) is 17.4. The first-order chi connectivity index (χ1) is 13.1. The number of benzene rings is 2. The summed E-state index contributed by atoms with van der Waals surface area (Å²) in [5, 5.41) is 4.35. The molecule has 0 bridgehead atoms. The average Bonchev–Trinajstić information content (AvgIpc) is 3.02. The predicted molar refractivity (Wildman–Crippen MR) is 112 cm³/mol. The highest BCUT2D eigenvalue weighted by Gasteiger charge is 2.12. The van der Waals surface area contributed by atoms with E-state index in [0.29, 0.717) is 23.1 Å². The standard InChI is InChI=1S/C20H18BrN5O/c1-26-11-13(12-5-3-4-6-18(12)26)16-7-8-23-20(24-16)25-17-10-15(22)14(21)9-19(17)27-2/h3-11H,22H2,1-2H3,(H,23,24,25). The van der Waals surface area contributed by atoms with Gasteiger partial charge in [0.25, 0.3) is 0 Å². The van der Waals surface area contributed by atoms with Crippen molar-refractivity contribution in [2.75, 3.05) is 18.2 Å². The lowest BCUT2D eigenvalue weighted by molar-refractivity contribution is 0.416. The van der Waals surface area contributed by atoms with Crippen molar-refractivity contribution in [1.82, 2.24) is 14.5 Å². The number of nitrogens with one attached hydrogen (secondary N) is 1. The van der Waals surface area contributed by atoms with Gasteiger partial charge in [0, 0.05) is 46.1 Å². The number of nitrogens with two attached hydrogens (primary N) is 1. The number of hydrogen-bond donors (Lipinski definition) is 2. The third-order valence-corrected chi connectivity index (χ3v) is 5.08. The van der Waals surface area contributed by atoms with Gasteiger partial charge in [0.05, 0.1) is 18.5 Å². The van der Waals surface area contributed by atoms with Crippen LogP contribution in [0.25, 0.3) is 22.2 Å². The largest absolute Gasteiger partial charge is 0.495 e. The van der Waals surface area contributed by atoms with E-state index in [1.165, 1.54) is 0 Å². The van der Waals surface area contributed by atoms with Gasteiger partial charge in [-0.3, -0.25) is 0 Å². The van der Waals surface area contributed by atoms with Gasteiger partial charge >= 0.3 is 0 Å². The van der Waals surface area contributed by atoms with Crippen molar-refractivity contribution >= 4 is 44.2 Å². The number of nitrogen functional groups attached to an aromatic ring is 1. The molecular formula is C20H18BrN5O. The third kappa shape index (κ3) is 3.21. The van der Waals surface area contributed by atoms with Gasteiger partial charge in [-0.25, -0.2) is 9.97 Å². The second-order valence-electron chi connectivity index (χ2n) is 6.14. The van der Waals surface area contributed by atoms with Crippen LogP contribution in [-0.2, 0) is 7.05 Å². The van der Waals surface area contributed by atoms with E-state index in [4.69, 9.17) is 10.5 Å². The zero-order valence-electron chi connectivity index (χ0n) is 14.9. The molecule has 4 aromatic rings. The summed E-state index contributed by atoms with van der Waals surface area (Å²) in [5.41, 5.74) is 10.4. The highest BCUT2D eigenvalue weighted by molar-refractivity contribution is 9.10. The van der Waals surface area contributed by atoms with Crippen molar-refractivity contribution < 1.29 is 4.74 Å². The number of para-hydroxylation sites is 1. The molecule has 0 atom stereocenters. The molecule has 0 spiro atoms. The Bertz CT molecular complexity index is 1140. The topological polar surface area (TPSA) is 78.0 Å². The Hall–Kier alpha value is -3.06. The SMILES string of the molecule is COc1cc(Br)c(N)cc1Nc1nccc(-c2cn(C)c3ccccc23)n1. The molecule has 6 nitrogen and oxygen atoms in total. The van der Waals surface area contributed by atoms with Crippen LogP contribution in [0.3, 0.4) is 0 Å². The van der Waals surface area contributed by atoms with Crippen molar-refractivity contribution in [1.29, 1.82) is 0 Å². The Balaban J connectivity index is 1.74. The summed E-state index contributed by atoms with van der Waals surface area (Å²) in [7, 11) is 3.64. The molecule has 0 saturated heterocycles. The van der Waals surface area contributed by atoms with Crippen LogP contribution < -0.4 is 15.8 Å². The lowest BCUT2D eigenvalue weighted by Crippen LogP contribution is -2.01. The van der Waals surface area contributed by atoms with Crippen LogP contribution in [0.5, 0.6) is 5.75 Å². The van der Waals surface area contributed by atoms with Crippen LogP contribution in [0.1, 0.15) is 0 Å². The first-order valence-electron chi connectivity index (χ1n) is 8.34. The number of ether oxygens (including phenoxy) is 1. The van der Waals surface area contributed by atoms with Gasteiger partial charge in [-0.1, -0.05) is 18.2 Å². The van der Waals surface area contributed by atoms with E-state index in [9.17, 15) is 0 Å². The number of aromatic nitrogens is 3. The quantitative estimate of drug-likeness (QED) is 0.463. The minimum Gasteiger partial charge on any atom is -0.495 e. The molecule has 0 saturated carbocycles. The Morgan fingerprint density at radius 1 is 1.19 bits per heavy atom. The fourth-order valence-corrected chi connectivity index (χ4v) is 3.40. The fourth-order valence-electron chi connectivity index (χ4n) is 3.07. The van der Waals surface area contributed by atoms with E-state index in [0.717, 1.165) is 26.6 Å². The zero-order valence-corrected chi connectivity index (χ0v) is 16.5. The molecule has 7 heteroatoms. The van der Waals surface area contributed by atoms with E-state index in [1.54, 1.807) is 19.4 Å². The van der Waals surface area contributed by atoms with E-state index in [2.05, 4.69) is 54.1 Å². The molecule has 3 N–H and O–H groups in total. The minimum atomic E-state index is 0.473. The maximum absolute atomic E-state index is 6.00. The molecule has 0 unspecified atom stereocenters. The molecule has 0 radical (unpaired) electrons. The van der Waals surface area contributed by atoms with Gasteiger partial charge in [0.2, 0.25) is 5.95 Å². The fraction of sp³-hybridized carbons (Fsp3) is 0.100. The summed E-state index contributed by atoms with van der Waals surface area (Å²) in [6.07, 6.45) is 3.82. The zero-order chi connectivity index (χ0) is 19.0.